The predicted molar refractivity (Wildman–Crippen MR) is 93.6 cm³/mol. The molecule has 2 unspecified atom stereocenters. The molecule has 2 bridgehead atoms. The third-order valence-corrected chi connectivity index (χ3v) is 5.59. The standard InChI is InChI=1S/C18H25N3O.ClH/c22-18(14-10-19-11-14)20-15-8-16-6-7-17(9-15)21(16)12-13-4-2-1-3-5-13;/h1-5,14-17,19H,6-12H2,(H,20,22);1H. The van der Waals surface area contributed by atoms with Crippen LogP contribution in [0.3, 0.4) is 0 Å². The molecule has 1 amide bonds. The summed E-state index contributed by atoms with van der Waals surface area (Å²) in [6, 6.07) is 12.4. The second-order valence-electron chi connectivity index (χ2n) is 7.08. The molecule has 5 heteroatoms. The van der Waals surface area contributed by atoms with Crippen molar-refractivity contribution in [2.75, 3.05) is 13.1 Å². The Balaban J connectivity index is 0.00000156. The van der Waals surface area contributed by atoms with E-state index in [0.717, 1.165) is 32.5 Å². The first kappa shape index (κ1) is 16.7. The molecule has 23 heavy (non-hydrogen) atoms. The highest BCUT2D eigenvalue weighted by atomic mass is 35.5. The fourth-order valence-electron chi connectivity index (χ4n) is 4.24. The molecule has 2 atom stereocenters. The smallest absolute Gasteiger partial charge is 0.225 e. The van der Waals surface area contributed by atoms with E-state index < -0.39 is 0 Å². The monoisotopic (exact) mass is 335 g/mol. The van der Waals surface area contributed by atoms with E-state index in [1.54, 1.807) is 0 Å². The number of carbonyl (C=O) groups excluding carboxylic acids is 1. The molecule has 0 spiro atoms. The number of piperidine rings is 1. The summed E-state index contributed by atoms with van der Waals surface area (Å²) >= 11 is 0. The zero-order valence-electron chi connectivity index (χ0n) is 13.4. The number of nitrogens with zero attached hydrogens (tertiary/aromatic N) is 1. The minimum absolute atomic E-state index is 0. The molecule has 1 aromatic carbocycles. The summed E-state index contributed by atoms with van der Waals surface area (Å²) in [6.07, 6.45) is 4.81. The number of hydrogen-bond donors (Lipinski definition) is 2. The number of hydrogen-bond acceptors (Lipinski definition) is 3. The minimum atomic E-state index is 0. The molecule has 0 aromatic heterocycles. The molecule has 3 heterocycles. The van der Waals surface area contributed by atoms with Crippen LogP contribution >= 0.6 is 12.4 Å². The molecule has 1 aromatic rings. The highest BCUT2D eigenvalue weighted by Gasteiger charge is 2.41. The molecule has 0 aliphatic carbocycles. The summed E-state index contributed by atoms with van der Waals surface area (Å²) in [5.74, 6) is 0.472. The SMILES string of the molecule is Cl.O=C(NC1CC2CCC(C1)N2Cc1ccccc1)C1CNC1. The molecule has 3 aliphatic heterocycles. The quantitative estimate of drug-likeness (QED) is 0.884. The Hall–Kier alpha value is -1.10. The summed E-state index contributed by atoms with van der Waals surface area (Å²) in [7, 11) is 0. The van der Waals surface area contributed by atoms with Gasteiger partial charge in [-0.2, -0.15) is 0 Å². The number of amides is 1. The van der Waals surface area contributed by atoms with Crippen LogP contribution in [0.25, 0.3) is 0 Å². The van der Waals surface area contributed by atoms with Crippen molar-refractivity contribution in [1.82, 2.24) is 15.5 Å². The lowest BCUT2D eigenvalue weighted by molar-refractivity contribution is -0.127. The van der Waals surface area contributed by atoms with Gasteiger partial charge in [-0.3, -0.25) is 9.69 Å². The number of benzene rings is 1. The average Bonchev–Trinajstić information content (AvgIpc) is 2.69. The fourth-order valence-corrected chi connectivity index (χ4v) is 4.24. The highest BCUT2D eigenvalue weighted by Crippen LogP contribution is 2.36. The van der Waals surface area contributed by atoms with Crippen LogP contribution in [-0.2, 0) is 11.3 Å². The molecular formula is C18H26ClN3O. The van der Waals surface area contributed by atoms with Gasteiger partial charge in [-0.05, 0) is 31.2 Å². The minimum Gasteiger partial charge on any atom is -0.353 e. The van der Waals surface area contributed by atoms with Gasteiger partial charge in [0.25, 0.3) is 0 Å². The third-order valence-electron chi connectivity index (χ3n) is 5.59. The van der Waals surface area contributed by atoms with Crippen LogP contribution in [0.4, 0.5) is 0 Å². The first-order chi connectivity index (χ1) is 10.8. The van der Waals surface area contributed by atoms with Crippen LogP contribution in [-0.4, -0.2) is 42.0 Å². The molecule has 3 fully saturated rings. The van der Waals surface area contributed by atoms with Crippen molar-refractivity contribution in [2.45, 2.75) is 50.4 Å². The topological polar surface area (TPSA) is 44.4 Å². The van der Waals surface area contributed by atoms with Gasteiger partial charge in [-0.15, -0.1) is 12.4 Å². The Morgan fingerprint density at radius 2 is 1.78 bits per heavy atom. The lowest BCUT2D eigenvalue weighted by atomic mass is 9.95. The average molecular weight is 336 g/mol. The molecular weight excluding hydrogens is 310 g/mol. The largest absolute Gasteiger partial charge is 0.353 e. The molecule has 2 N–H and O–H groups in total. The number of carbonyl (C=O) groups is 1. The van der Waals surface area contributed by atoms with Crippen LogP contribution in [0, 0.1) is 5.92 Å². The van der Waals surface area contributed by atoms with Gasteiger partial charge in [0.05, 0.1) is 5.92 Å². The molecule has 3 aliphatic rings. The zero-order valence-corrected chi connectivity index (χ0v) is 14.2. The Bertz CT molecular complexity index is 520. The Labute approximate surface area is 144 Å². The van der Waals surface area contributed by atoms with Crippen LogP contribution in [0.1, 0.15) is 31.2 Å². The predicted octanol–water partition coefficient (Wildman–Crippen LogP) is 1.94. The van der Waals surface area contributed by atoms with Crippen molar-refractivity contribution in [3.8, 4) is 0 Å². The molecule has 3 saturated heterocycles. The van der Waals surface area contributed by atoms with E-state index in [1.807, 2.05) is 0 Å². The van der Waals surface area contributed by atoms with Gasteiger partial charge in [0.2, 0.25) is 5.91 Å². The summed E-state index contributed by atoms with van der Waals surface area (Å²) in [5.41, 5.74) is 1.41. The normalized spacial score (nSPS) is 30.3. The number of nitrogens with one attached hydrogen (secondary N) is 2. The second-order valence-corrected chi connectivity index (χ2v) is 7.08. The molecule has 0 radical (unpaired) electrons. The Morgan fingerprint density at radius 1 is 1.13 bits per heavy atom. The van der Waals surface area contributed by atoms with Gasteiger partial charge in [0.15, 0.2) is 0 Å². The first-order valence-corrected chi connectivity index (χ1v) is 8.60. The van der Waals surface area contributed by atoms with Crippen molar-refractivity contribution < 1.29 is 4.79 Å². The first-order valence-electron chi connectivity index (χ1n) is 8.60. The van der Waals surface area contributed by atoms with E-state index in [-0.39, 0.29) is 24.2 Å². The molecule has 4 rings (SSSR count). The van der Waals surface area contributed by atoms with E-state index in [1.165, 1.54) is 18.4 Å². The van der Waals surface area contributed by atoms with Crippen LogP contribution in [0.5, 0.6) is 0 Å². The van der Waals surface area contributed by atoms with Crippen molar-refractivity contribution in [2.24, 2.45) is 5.92 Å². The number of halogens is 1. The second kappa shape index (κ2) is 7.20. The number of fused-ring (bicyclic) bond motifs is 2. The maximum absolute atomic E-state index is 12.1. The van der Waals surface area contributed by atoms with Crippen LogP contribution in [0.15, 0.2) is 30.3 Å². The summed E-state index contributed by atoms with van der Waals surface area (Å²) < 4.78 is 0. The van der Waals surface area contributed by atoms with Gasteiger partial charge in [0.1, 0.15) is 0 Å². The van der Waals surface area contributed by atoms with Crippen molar-refractivity contribution in [3.05, 3.63) is 35.9 Å². The van der Waals surface area contributed by atoms with E-state index in [0.29, 0.717) is 18.1 Å². The van der Waals surface area contributed by atoms with E-state index >= 15 is 0 Å². The van der Waals surface area contributed by atoms with E-state index in [4.69, 9.17) is 0 Å². The van der Waals surface area contributed by atoms with Gasteiger partial charge < -0.3 is 10.6 Å². The van der Waals surface area contributed by atoms with E-state index in [9.17, 15) is 4.79 Å². The van der Waals surface area contributed by atoms with Crippen molar-refractivity contribution in [3.63, 3.8) is 0 Å². The van der Waals surface area contributed by atoms with Crippen LogP contribution in [0.2, 0.25) is 0 Å². The van der Waals surface area contributed by atoms with Gasteiger partial charge in [0, 0.05) is 37.8 Å². The third kappa shape index (κ3) is 3.54. The van der Waals surface area contributed by atoms with E-state index in [2.05, 4.69) is 45.9 Å². The Morgan fingerprint density at radius 3 is 2.35 bits per heavy atom. The zero-order chi connectivity index (χ0) is 14.9. The molecule has 126 valence electrons. The molecule has 0 saturated carbocycles. The fraction of sp³-hybridized carbons (Fsp3) is 0.611. The van der Waals surface area contributed by atoms with Gasteiger partial charge in [-0.1, -0.05) is 30.3 Å². The van der Waals surface area contributed by atoms with Crippen molar-refractivity contribution >= 4 is 18.3 Å². The highest BCUT2D eigenvalue weighted by molar-refractivity contribution is 5.85. The molecule has 4 nitrogen and oxygen atoms in total. The van der Waals surface area contributed by atoms with Crippen LogP contribution < -0.4 is 10.6 Å². The van der Waals surface area contributed by atoms with Gasteiger partial charge in [-0.25, -0.2) is 0 Å². The maximum atomic E-state index is 12.1. The van der Waals surface area contributed by atoms with Gasteiger partial charge >= 0.3 is 0 Å². The Kier molecular flexibility index (Phi) is 5.24. The summed E-state index contributed by atoms with van der Waals surface area (Å²) in [6.45, 7) is 2.76. The summed E-state index contributed by atoms with van der Waals surface area (Å²) in [4.78, 5) is 14.8. The lowest BCUT2D eigenvalue weighted by Crippen LogP contribution is -2.55. The summed E-state index contributed by atoms with van der Waals surface area (Å²) in [5, 5.41) is 6.47. The maximum Gasteiger partial charge on any atom is 0.225 e. The lowest BCUT2D eigenvalue weighted by Gasteiger charge is -2.40. The van der Waals surface area contributed by atoms with Crippen molar-refractivity contribution in [1.29, 1.82) is 0 Å². The number of rotatable bonds is 4.